The number of imidazole rings is 2. The van der Waals surface area contributed by atoms with E-state index in [1.54, 1.807) is 17.7 Å². The second kappa shape index (κ2) is 5.38. The van der Waals surface area contributed by atoms with Crippen molar-refractivity contribution in [2.24, 2.45) is 0 Å². The molecule has 3 heterocycles. The molecule has 6 heteroatoms. The highest BCUT2D eigenvalue weighted by Crippen LogP contribution is 2.23. The molecule has 0 aliphatic carbocycles. The largest absolute Gasteiger partial charge is 0.348 e. The first-order valence-electron chi connectivity index (χ1n) is 7.17. The number of benzene rings is 1. The Hall–Kier alpha value is -2.47. The number of rotatable bonds is 4. The minimum Gasteiger partial charge on any atom is -0.348 e. The van der Waals surface area contributed by atoms with Gasteiger partial charge in [-0.05, 0) is 19.1 Å². The van der Waals surface area contributed by atoms with Gasteiger partial charge < -0.3 is 9.55 Å². The summed E-state index contributed by atoms with van der Waals surface area (Å²) >= 11 is 1.76. The molecule has 110 valence electrons. The number of nitrogens with zero attached hydrogens (tertiary/aromatic N) is 4. The van der Waals surface area contributed by atoms with Crippen LogP contribution in [-0.2, 0) is 13.0 Å². The van der Waals surface area contributed by atoms with Gasteiger partial charge in [0.25, 0.3) is 0 Å². The molecule has 0 bridgehead atoms. The van der Waals surface area contributed by atoms with Crippen LogP contribution in [0.3, 0.4) is 0 Å². The van der Waals surface area contributed by atoms with Crippen LogP contribution in [0.15, 0.2) is 43.0 Å². The van der Waals surface area contributed by atoms with Crippen LogP contribution in [0.5, 0.6) is 0 Å². The fourth-order valence-electron chi connectivity index (χ4n) is 2.53. The first-order chi connectivity index (χ1) is 10.8. The average Bonchev–Trinajstić information content (AvgIpc) is 3.23. The molecule has 0 amide bonds. The Morgan fingerprint density at radius 1 is 1.23 bits per heavy atom. The van der Waals surface area contributed by atoms with Gasteiger partial charge in [-0.3, -0.25) is 0 Å². The number of para-hydroxylation sites is 1. The zero-order valence-corrected chi connectivity index (χ0v) is 13.0. The predicted molar refractivity (Wildman–Crippen MR) is 87.9 cm³/mol. The molecule has 0 saturated carbocycles. The lowest BCUT2D eigenvalue weighted by molar-refractivity contribution is 0.699. The molecule has 0 atom stereocenters. The van der Waals surface area contributed by atoms with Crippen molar-refractivity contribution in [1.29, 1.82) is 0 Å². The highest BCUT2D eigenvalue weighted by atomic mass is 32.1. The molecule has 3 aromatic heterocycles. The minimum atomic E-state index is 0.849. The van der Waals surface area contributed by atoms with E-state index in [1.807, 2.05) is 25.4 Å². The molecule has 0 radical (unpaired) electrons. The molecule has 0 aliphatic rings. The zero-order chi connectivity index (χ0) is 14.9. The van der Waals surface area contributed by atoms with Gasteiger partial charge in [0.05, 0.1) is 21.6 Å². The molecule has 0 aliphatic heterocycles. The lowest BCUT2D eigenvalue weighted by atomic mass is 10.3. The molecular weight excluding hydrogens is 294 g/mol. The van der Waals surface area contributed by atoms with Gasteiger partial charge in [-0.1, -0.05) is 12.1 Å². The molecule has 0 spiro atoms. The number of aryl methyl sites for hydroxylation is 3. The van der Waals surface area contributed by atoms with E-state index >= 15 is 0 Å². The van der Waals surface area contributed by atoms with Gasteiger partial charge in [0.1, 0.15) is 5.69 Å². The summed E-state index contributed by atoms with van der Waals surface area (Å²) in [5, 5.41) is 1.15. The third-order valence-electron chi connectivity index (χ3n) is 3.66. The van der Waals surface area contributed by atoms with E-state index in [2.05, 4.69) is 42.7 Å². The van der Waals surface area contributed by atoms with Gasteiger partial charge >= 0.3 is 0 Å². The van der Waals surface area contributed by atoms with E-state index in [0.29, 0.717) is 0 Å². The van der Waals surface area contributed by atoms with Crippen molar-refractivity contribution in [3.8, 4) is 11.5 Å². The lowest BCUT2D eigenvalue weighted by Gasteiger charge is -2.05. The molecule has 0 fully saturated rings. The maximum Gasteiger partial charge on any atom is 0.160 e. The molecule has 0 unspecified atom stereocenters. The Kier molecular flexibility index (Phi) is 3.23. The number of nitrogens with one attached hydrogen (secondary N) is 1. The number of hydrogen-bond acceptors (Lipinski definition) is 4. The van der Waals surface area contributed by atoms with E-state index in [1.165, 1.54) is 4.70 Å². The SMILES string of the molecule is Cc1[nH]cnc1-c1nccn1CCc1nc2ccccc2s1. The van der Waals surface area contributed by atoms with Gasteiger partial charge in [-0.15, -0.1) is 11.3 Å². The summed E-state index contributed by atoms with van der Waals surface area (Å²) in [6.07, 6.45) is 6.42. The van der Waals surface area contributed by atoms with E-state index in [0.717, 1.165) is 40.7 Å². The minimum absolute atomic E-state index is 0.849. The number of hydrogen-bond donors (Lipinski definition) is 1. The molecule has 4 rings (SSSR count). The molecule has 22 heavy (non-hydrogen) atoms. The second-order valence-electron chi connectivity index (χ2n) is 5.15. The summed E-state index contributed by atoms with van der Waals surface area (Å²) in [5.74, 6) is 0.903. The summed E-state index contributed by atoms with van der Waals surface area (Å²) in [5.41, 5.74) is 3.03. The molecule has 1 N–H and O–H groups in total. The van der Waals surface area contributed by atoms with E-state index < -0.39 is 0 Å². The summed E-state index contributed by atoms with van der Waals surface area (Å²) in [6, 6.07) is 8.26. The Morgan fingerprint density at radius 2 is 2.14 bits per heavy atom. The Morgan fingerprint density at radius 3 is 2.95 bits per heavy atom. The third kappa shape index (κ3) is 2.31. The fourth-order valence-corrected chi connectivity index (χ4v) is 3.49. The van der Waals surface area contributed by atoms with Crippen molar-refractivity contribution in [3.05, 3.63) is 53.7 Å². The Balaban J connectivity index is 1.57. The monoisotopic (exact) mass is 309 g/mol. The maximum absolute atomic E-state index is 4.69. The molecule has 0 saturated heterocycles. The first kappa shape index (κ1) is 13.2. The van der Waals surface area contributed by atoms with Crippen LogP contribution in [0.2, 0.25) is 0 Å². The van der Waals surface area contributed by atoms with Crippen molar-refractivity contribution in [3.63, 3.8) is 0 Å². The lowest BCUT2D eigenvalue weighted by Crippen LogP contribution is -2.03. The average molecular weight is 309 g/mol. The zero-order valence-electron chi connectivity index (χ0n) is 12.2. The van der Waals surface area contributed by atoms with Crippen molar-refractivity contribution in [2.75, 3.05) is 0 Å². The van der Waals surface area contributed by atoms with E-state index in [-0.39, 0.29) is 0 Å². The number of H-pyrrole nitrogens is 1. The highest BCUT2D eigenvalue weighted by molar-refractivity contribution is 7.18. The molecule has 5 nitrogen and oxygen atoms in total. The Labute approximate surface area is 131 Å². The van der Waals surface area contributed by atoms with Crippen LogP contribution < -0.4 is 0 Å². The summed E-state index contributed by atoms with van der Waals surface area (Å²) in [7, 11) is 0. The van der Waals surface area contributed by atoms with Crippen molar-refractivity contribution in [2.45, 2.75) is 19.9 Å². The fraction of sp³-hybridized carbons (Fsp3) is 0.188. The molecule has 4 aromatic rings. The smallest absolute Gasteiger partial charge is 0.160 e. The summed E-state index contributed by atoms with van der Waals surface area (Å²) in [6.45, 7) is 2.86. The van der Waals surface area contributed by atoms with Crippen LogP contribution in [0.4, 0.5) is 0 Å². The maximum atomic E-state index is 4.69. The summed E-state index contributed by atoms with van der Waals surface area (Å²) < 4.78 is 3.38. The standard InChI is InChI=1S/C16H15N5S/c1-11-15(19-10-18-11)16-17-7-9-21(16)8-6-14-20-12-4-2-3-5-13(12)22-14/h2-5,7,9-10H,6,8H2,1H3,(H,18,19). The number of fused-ring (bicyclic) bond motifs is 1. The van der Waals surface area contributed by atoms with Crippen LogP contribution in [0.25, 0.3) is 21.7 Å². The molecule has 1 aromatic carbocycles. The second-order valence-corrected chi connectivity index (χ2v) is 6.26. The van der Waals surface area contributed by atoms with Crippen molar-refractivity contribution >= 4 is 21.6 Å². The van der Waals surface area contributed by atoms with Gasteiger partial charge in [-0.2, -0.15) is 0 Å². The van der Waals surface area contributed by atoms with Gasteiger partial charge in [0.15, 0.2) is 5.82 Å². The number of aromatic nitrogens is 5. The highest BCUT2D eigenvalue weighted by Gasteiger charge is 2.12. The van der Waals surface area contributed by atoms with Crippen LogP contribution in [0.1, 0.15) is 10.7 Å². The first-order valence-corrected chi connectivity index (χ1v) is 7.99. The van der Waals surface area contributed by atoms with Crippen LogP contribution >= 0.6 is 11.3 Å². The molecular formula is C16H15N5S. The quantitative estimate of drug-likeness (QED) is 0.628. The van der Waals surface area contributed by atoms with Gasteiger partial charge in [0.2, 0.25) is 0 Å². The van der Waals surface area contributed by atoms with Crippen LogP contribution in [-0.4, -0.2) is 24.5 Å². The number of aromatic amines is 1. The normalized spacial score (nSPS) is 11.3. The topological polar surface area (TPSA) is 59.4 Å². The van der Waals surface area contributed by atoms with E-state index in [4.69, 9.17) is 0 Å². The van der Waals surface area contributed by atoms with E-state index in [9.17, 15) is 0 Å². The Bertz CT molecular complexity index is 884. The van der Waals surface area contributed by atoms with Gasteiger partial charge in [0, 0.05) is 31.1 Å². The predicted octanol–water partition coefficient (Wildman–Crippen LogP) is 3.43. The van der Waals surface area contributed by atoms with Crippen LogP contribution in [0, 0.1) is 6.92 Å². The van der Waals surface area contributed by atoms with Crippen molar-refractivity contribution < 1.29 is 0 Å². The van der Waals surface area contributed by atoms with Gasteiger partial charge in [-0.25, -0.2) is 15.0 Å². The third-order valence-corrected chi connectivity index (χ3v) is 4.76. The van der Waals surface area contributed by atoms with Crippen molar-refractivity contribution in [1.82, 2.24) is 24.5 Å². The summed E-state index contributed by atoms with van der Waals surface area (Å²) in [4.78, 5) is 16.6. The number of thiazole rings is 1.